The van der Waals surface area contributed by atoms with Gasteiger partial charge in [-0.25, -0.2) is 14.4 Å². The van der Waals surface area contributed by atoms with Crippen molar-refractivity contribution in [3.63, 3.8) is 0 Å². The number of carbonyl (C=O) groups is 3. The maximum atomic E-state index is 9.86. The van der Waals surface area contributed by atoms with E-state index in [0.717, 1.165) is 0 Å². The van der Waals surface area contributed by atoms with Gasteiger partial charge in [0.25, 0.3) is 0 Å². The fraction of sp³-hybridized carbons (Fsp3) is 0. The summed E-state index contributed by atoms with van der Waals surface area (Å²) >= 11 is 0. The fourth-order valence-corrected chi connectivity index (χ4v) is 0.163. The average molecular weight is 455 g/mol. The van der Waals surface area contributed by atoms with Crippen molar-refractivity contribution in [2.45, 2.75) is 0 Å². The molecule has 0 atom stereocenters. The van der Waals surface area contributed by atoms with E-state index in [9.17, 15) is 14.4 Å². The van der Waals surface area contributed by atoms with Crippen LogP contribution < -0.4 is 0 Å². The molecular weight excluding hydrogens is 447 g/mol. The van der Waals surface area contributed by atoms with Gasteiger partial charge in [0.2, 0.25) is 0 Å². The molecule has 0 fully saturated rings. The van der Waals surface area contributed by atoms with Gasteiger partial charge in [-0.2, -0.15) is 0 Å². The molecule has 13 heavy (non-hydrogen) atoms. The Kier molecular flexibility index (Phi) is 26.5. The van der Waals surface area contributed by atoms with Gasteiger partial charge in [-0.15, -0.1) is 0 Å². The summed E-state index contributed by atoms with van der Waals surface area (Å²) in [6.07, 6.45) is -5.64. The Hall–Kier alpha value is 2.12. The molecule has 0 aromatic heterocycles. The summed E-state index contributed by atoms with van der Waals surface area (Å²) in [5, 5.41) is 15.4. The SMILES string of the molecule is O=C(O)OC(=O)OC(=O)O.[BaH2].[BaH2].[MgH2]. The first-order chi connectivity index (χ1) is 4.52. The molecule has 0 rings (SSSR count). The molecule has 0 aliphatic rings. The monoisotopic (exact) mass is 456 g/mol. The molecule has 0 aromatic rings. The molecular formula is C3H8Ba2MgO7. The van der Waals surface area contributed by atoms with E-state index in [1.165, 1.54) is 0 Å². The molecule has 0 bridgehead atoms. The van der Waals surface area contributed by atoms with Crippen LogP contribution in [-0.4, -0.2) is 149 Å². The van der Waals surface area contributed by atoms with Gasteiger partial charge in [0.05, 0.1) is 0 Å². The summed E-state index contributed by atoms with van der Waals surface area (Å²) in [7, 11) is 0. The predicted molar refractivity (Wildman–Crippen MR) is 49.2 cm³/mol. The van der Waals surface area contributed by atoms with Gasteiger partial charge in [-0.3, -0.25) is 0 Å². The molecule has 2 N–H and O–H groups in total. The van der Waals surface area contributed by atoms with Crippen LogP contribution in [0.3, 0.4) is 0 Å². The first kappa shape index (κ1) is 24.4. The zero-order valence-corrected chi connectivity index (χ0v) is 4.44. The summed E-state index contributed by atoms with van der Waals surface area (Å²) in [4.78, 5) is 28.8. The second-order valence-corrected chi connectivity index (χ2v) is 0.986. The summed E-state index contributed by atoms with van der Waals surface area (Å²) < 4.78 is 6.47. The van der Waals surface area contributed by atoms with Crippen LogP contribution in [0.1, 0.15) is 0 Å². The van der Waals surface area contributed by atoms with Crippen LogP contribution in [0.4, 0.5) is 14.4 Å². The van der Waals surface area contributed by atoms with Crippen molar-refractivity contribution in [3.8, 4) is 0 Å². The molecule has 0 aliphatic carbocycles. The normalized spacial score (nSPS) is 6.15. The second-order valence-electron chi connectivity index (χ2n) is 0.986. The van der Waals surface area contributed by atoms with Crippen molar-refractivity contribution in [2.24, 2.45) is 0 Å². The van der Waals surface area contributed by atoms with E-state index in [1.807, 2.05) is 0 Å². The quantitative estimate of drug-likeness (QED) is 0.241. The van der Waals surface area contributed by atoms with Crippen molar-refractivity contribution in [3.05, 3.63) is 0 Å². The van der Waals surface area contributed by atoms with E-state index in [-0.39, 0.29) is 121 Å². The minimum absolute atomic E-state index is 0. The van der Waals surface area contributed by atoms with Crippen LogP contribution in [0.25, 0.3) is 0 Å². The van der Waals surface area contributed by atoms with Crippen molar-refractivity contribution in [1.29, 1.82) is 0 Å². The first-order valence-corrected chi connectivity index (χ1v) is 1.88. The van der Waals surface area contributed by atoms with Gasteiger partial charge in [-0.1, -0.05) is 0 Å². The van der Waals surface area contributed by atoms with Crippen LogP contribution in [0.2, 0.25) is 0 Å². The number of rotatable bonds is 0. The summed E-state index contributed by atoms with van der Waals surface area (Å²) in [6, 6.07) is 0. The Morgan fingerprint density at radius 3 is 1.23 bits per heavy atom. The topological polar surface area (TPSA) is 110 Å². The molecule has 0 saturated carbocycles. The van der Waals surface area contributed by atoms with E-state index in [1.54, 1.807) is 0 Å². The van der Waals surface area contributed by atoms with E-state index in [2.05, 4.69) is 9.47 Å². The van der Waals surface area contributed by atoms with Gasteiger partial charge in [0, 0.05) is 0 Å². The predicted octanol–water partition coefficient (Wildman–Crippen LogP) is -2.25. The molecule has 0 aromatic carbocycles. The molecule has 0 heterocycles. The van der Waals surface area contributed by atoms with Crippen LogP contribution in [0, 0.1) is 0 Å². The second kappa shape index (κ2) is 14.1. The van der Waals surface area contributed by atoms with Crippen molar-refractivity contribution < 1.29 is 34.1 Å². The average Bonchev–Trinajstić information content (AvgIpc) is 1.58. The fourth-order valence-electron chi connectivity index (χ4n) is 0.163. The van der Waals surface area contributed by atoms with Crippen LogP contribution in [0.15, 0.2) is 0 Å². The minimum Gasteiger partial charge on any atom is 0.316 e. The van der Waals surface area contributed by atoms with E-state index < -0.39 is 18.5 Å². The van der Waals surface area contributed by atoms with Gasteiger partial charge in [0.15, 0.2) is 0 Å². The molecule has 0 spiro atoms. The van der Waals surface area contributed by atoms with Crippen molar-refractivity contribution >= 4 is 139 Å². The molecule has 10 heteroatoms. The van der Waals surface area contributed by atoms with Gasteiger partial charge < -0.3 is 19.7 Å². The number of carboxylic acid groups (broad SMARTS) is 2. The largest absolute Gasteiger partial charge is 0.316 e. The van der Waals surface area contributed by atoms with E-state index in [0.29, 0.717) is 0 Å². The smallest absolute Gasteiger partial charge is 0.316 e. The molecule has 0 saturated heterocycles. The van der Waals surface area contributed by atoms with Gasteiger partial charge >= 0.3 is 139 Å². The van der Waals surface area contributed by atoms with Crippen molar-refractivity contribution in [2.75, 3.05) is 0 Å². The van der Waals surface area contributed by atoms with Gasteiger partial charge in [0.1, 0.15) is 0 Å². The maximum absolute atomic E-state index is 9.86. The van der Waals surface area contributed by atoms with Crippen LogP contribution >= 0.6 is 0 Å². The third-order valence-electron chi connectivity index (χ3n) is 0.341. The Morgan fingerprint density at radius 1 is 0.846 bits per heavy atom. The number of carbonyl (C=O) groups excluding carboxylic acids is 1. The number of hydrogen-bond acceptors (Lipinski definition) is 5. The van der Waals surface area contributed by atoms with Crippen molar-refractivity contribution in [1.82, 2.24) is 0 Å². The number of hydrogen-bond donors (Lipinski definition) is 2. The Labute approximate surface area is 169 Å². The number of ether oxygens (including phenoxy) is 2. The van der Waals surface area contributed by atoms with E-state index >= 15 is 0 Å². The third-order valence-corrected chi connectivity index (χ3v) is 0.341. The molecule has 0 amide bonds. The maximum Gasteiger partial charge on any atom is 0.316 e. The first-order valence-electron chi connectivity index (χ1n) is 1.88. The zero-order valence-electron chi connectivity index (χ0n) is 4.44. The van der Waals surface area contributed by atoms with Crippen LogP contribution in [-0.2, 0) is 9.47 Å². The summed E-state index contributed by atoms with van der Waals surface area (Å²) in [6.45, 7) is 0. The Bertz CT molecular complexity index is 165. The minimum atomic E-state index is -1.92. The molecule has 68 valence electrons. The molecule has 0 aliphatic heterocycles. The van der Waals surface area contributed by atoms with Gasteiger partial charge in [-0.05, 0) is 0 Å². The Balaban J connectivity index is -0.000000135. The molecule has 0 unspecified atom stereocenters. The van der Waals surface area contributed by atoms with Crippen LogP contribution in [0.5, 0.6) is 0 Å². The summed E-state index contributed by atoms with van der Waals surface area (Å²) in [5.41, 5.74) is 0. The summed E-state index contributed by atoms with van der Waals surface area (Å²) in [5.74, 6) is 0. The standard InChI is InChI=1S/C3H2O7.2Ba.Mg.6H/c4-1(5)9-3(8)10-2(6)7;;;;;;;;;/h(H,4,5)(H,6,7);;;;;;;;;. The molecule has 0 radical (unpaired) electrons. The Morgan fingerprint density at radius 2 is 1.08 bits per heavy atom. The molecule has 7 nitrogen and oxygen atoms in total. The van der Waals surface area contributed by atoms with E-state index in [4.69, 9.17) is 10.2 Å². The third kappa shape index (κ3) is 20.3. The zero-order chi connectivity index (χ0) is 8.15.